The molecule has 6 nitrogen and oxygen atoms in total. The Morgan fingerprint density at radius 3 is 2.14 bits per heavy atom. The number of aliphatic hydroxyl groups excluding tert-OH is 1. The standard InChI is InChI=1S/C22H24O6/c1-21(2)27-19-17(26-20(24)22(19,14-23)28-21)13-25-18(15-9-5-3-6-10-15)16-11-7-4-8-12-16/h3-12,17-19,23H,13-14H2,1-2H3/t17-,19+,22+/m0/s1. The minimum Gasteiger partial charge on any atom is -0.455 e. The van der Waals surface area contributed by atoms with E-state index in [-0.39, 0.29) is 12.7 Å². The predicted molar refractivity (Wildman–Crippen MR) is 100 cm³/mol. The molecule has 0 aromatic heterocycles. The van der Waals surface area contributed by atoms with Gasteiger partial charge in [0, 0.05) is 0 Å². The summed E-state index contributed by atoms with van der Waals surface area (Å²) < 4.78 is 23.3. The van der Waals surface area contributed by atoms with Crippen molar-refractivity contribution in [1.29, 1.82) is 0 Å². The Balaban J connectivity index is 1.56. The van der Waals surface area contributed by atoms with Gasteiger partial charge in [-0.3, -0.25) is 0 Å². The van der Waals surface area contributed by atoms with E-state index >= 15 is 0 Å². The molecule has 0 radical (unpaired) electrons. The minimum atomic E-state index is -1.49. The molecule has 1 N–H and O–H groups in total. The predicted octanol–water partition coefficient (Wildman–Crippen LogP) is 2.60. The smallest absolute Gasteiger partial charge is 0.344 e. The minimum absolute atomic E-state index is 0.117. The first kappa shape index (κ1) is 19.1. The zero-order chi connectivity index (χ0) is 19.8. The van der Waals surface area contributed by atoms with Gasteiger partial charge in [0.1, 0.15) is 12.2 Å². The van der Waals surface area contributed by atoms with E-state index < -0.39 is 36.2 Å². The van der Waals surface area contributed by atoms with Gasteiger partial charge in [-0.05, 0) is 25.0 Å². The first-order valence-corrected chi connectivity index (χ1v) is 9.37. The topological polar surface area (TPSA) is 74.2 Å². The van der Waals surface area contributed by atoms with Crippen LogP contribution in [0.15, 0.2) is 60.7 Å². The van der Waals surface area contributed by atoms with Crippen LogP contribution in [0, 0.1) is 0 Å². The maximum absolute atomic E-state index is 12.4. The third kappa shape index (κ3) is 3.33. The van der Waals surface area contributed by atoms with Gasteiger partial charge in [-0.1, -0.05) is 60.7 Å². The van der Waals surface area contributed by atoms with Crippen molar-refractivity contribution < 1.29 is 28.8 Å². The van der Waals surface area contributed by atoms with Crippen LogP contribution in [0.1, 0.15) is 31.1 Å². The van der Waals surface area contributed by atoms with E-state index in [1.54, 1.807) is 13.8 Å². The number of carbonyl (C=O) groups excluding carboxylic acids is 1. The highest BCUT2D eigenvalue weighted by molar-refractivity contribution is 5.84. The molecule has 148 valence electrons. The van der Waals surface area contributed by atoms with E-state index in [0.29, 0.717) is 0 Å². The number of ether oxygens (including phenoxy) is 4. The highest BCUT2D eigenvalue weighted by atomic mass is 16.8. The number of benzene rings is 2. The molecular formula is C22H24O6. The molecule has 0 spiro atoms. The van der Waals surface area contributed by atoms with Gasteiger partial charge in [0.05, 0.1) is 13.2 Å². The van der Waals surface area contributed by atoms with Crippen LogP contribution < -0.4 is 0 Å². The second-order valence-electron chi connectivity index (χ2n) is 7.57. The Labute approximate surface area is 164 Å². The van der Waals surface area contributed by atoms with E-state index in [2.05, 4.69) is 0 Å². The number of fused-ring (bicyclic) bond motifs is 1. The molecule has 2 saturated heterocycles. The van der Waals surface area contributed by atoms with Gasteiger partial charge in [-0.2, -0.15) is 0 Å². The molecule has 0 bridgehead atoms. The Hall–Kier alpha value is -2.25. The lowest BCUT2D eigenvalue weighted by atomic mass is 9.97. The van der Waals surface area contributed by atoms with Crippen molar-refractivity contribution in [3.05, 3.63) is 71.8 Å². The summed E-state index contributed by atoms with van der Waals surface area (Å²) in [5, 5.41) is 9.83. The Bertz CT molecular complexity index is 782. The van der Waals surface area contributed by atoms with Crippen molar-refractivity contribution in [2.24, 2.45) is 0 Å². The SMILES string of the molecule is CC1(C)O[C@@H]2[C@H](COC(c3ccccc3)c3ccccc3)OC(=O)[C@]2(CO)O1. The zero-order valence-electron chi connectivity index (χ0n) is 15.9. The molecule has 2 fully saturated rings. The van der Waals surface area contributed by atoms with E-state index in [4.69, 9.17) is 18.9 Å². The van der Waals surface area contributed by atoms with Crippen LogP contribution in [-0.4, -0.2) is 47.9 Å². The summed E-state index contributed by atoms with van der Waals surface area (Å²) in [7, 11) is 0. The zero-order valence-corrected chi connectivity index (χ0v) is 15.9. The van der Waals surface area contributed by atoms with Crippen LogP contribution in [0.5, 0.6) is 0 Å². The Morgan fingerprint density at radius 2 is 1.61 bits per heavy atom. The van der Waals surface area contributed by atoms with Crippen LogP contribution in [-0.2, 0) is 23.7 Å². The molecule has 4 rings (SSSR count). The average molecular weight is 384 g/mol. The highest BCUT2D eigenvalue weighted by Gasteiger charge is 2.67. The van der Waals surface area contributed by atoms with Crippen molar-refractivity contribution >= 4 is 5.97 Å². The van der Waals surface area contributed by atoms with Crippen molar-refractivity contribution in [2.45, 2.75) is 43.5 Å². The molecule has 2 aromatic rings. The maximum Gasteiger partial charge on any atom is 0.344 e. The van der Waals surface area contributed by atoms with Gasteiger partial charge in [0.25, 0.3) is 0 Å². The second-order valence-corrected chi connectivity index (χ2v) is 7.57. The van der Waals surface area contributed by atoms with Crippen molar-refractivity contribution in [3.63, 3.8) is 0 Å². The Morgan fingerprint density at radius 1 is 1.04 bits per heavy atom. The summed E-state index contributed by atoms with van der Waals surface area (Å²) in [6.45, 7) is 3.04. The van der Waals surface area contributed by atoms with Crippen LogP contribution in [0.2, 0.25) is 0 Å². The van der Waals surface area contributed by atoms with Gasteiger partial charge in [0.15, 0.2) is 11.9 Å². The van der Waals surface area contributed by atoms with E-state index in [0.717, 1.165) is 11.1 Å². The van der Waals surface area contributed by atoms with Crippen LogP contribution in [0.3, 0.4) is 0 Å². The van der Waals surface area contributed by atoms with E-state index in [1.807, 2.05) is 60.7 Å². The summed E-state index contributed by atoms with van der Waals surface area (Å²) in [6, 6.07) is 19.7. The number of esters is 1. The van der Waals surface area contributed by atoms with E-state index in [9.17, 15) is 9.90 Å². The molecular weight excluding hydrogens is 360 g/mol. The number of carbonyl (C=O) groups is 1. The first-order chi connectivity index (χ1) is 13.5. The molecule has 0 saturated carbocycles. The summed E-state index contributed by atoms with van der Waals surface area (Å²) >= 11 is 0. The number of hydrogen-bond donors (Lipinski definition) is 1. The number of cyclic esters (lactones) is 1. The largest absolute Gasteiger partial charge is 0.455 e. The number of rotatable bonds is 6. The first-order valence-electron chi connectivity index (χ1n) is 9.37. The van der Waals surface area contributed by atoms with Crippen molar-refractivity contribution in [1.82, 2.24) is 0 Å². The fourth-order valence-electron chi connectivity index (χ4n) is 3.89. The van der Waals surface area contributed by atoms with Crippen molar-refractivity contribution in [3.8, 4) is 0 Å². The number of aliphatic hydroxyl groups is 1. The van der Waals surface area contributed by atoms with Crippen molar-refractivity contribution in [2.75, 3.05) is 13.2 Å². The molecule has 2 aliphatic rings. The molecule has 0 amide bonds. The molecule has 2 aromatic carbocycles. The highest BCUT2D eigenvalue weighted by Crippen LogP contribution is 2.44. The molecule has 28 heavy (non-hydrogen) atoms. The van der Waals surface area contributed by atoms with Crippen LogP contribution in [0.4, 0.5) is 0 Å². The summed E-state index contributed by atoms with van der Waals surface area (Å²) in [4.78, 5) is 12.4. The lowest BCUT2D eigenvalue weighted by Crippen LogP contribution is -2.48. The van der Waals surface area contributed by atoms with Gasteiger partial charge >= 0.3 is 5.97 Å². The second kappa shape index (κ2) is 7.29. The van der Waals surface area contributed by atoms with Gasteiger partial charge in [0.2, 0.25) is 5.60 Å². The lowest BCUT2D eigenvalue weighted by Gasteiger charge is -2.24. The molecule has 3 atom stereocenters. The third-order valence-electron chi connectivity index (χ3n) is 5.11. The molecule has 2 aliphatic heterocycles. The van der Waals surface area contributed by atoms with Gasteiger partial charge < -0.3 is 24.1 Å². The summed E-state index contributed by atoms with van der Waals surface area (Å²) in [6.07, 6.45) is -1.72. The lowest BCUT2D eigenvalue weighted by molar-refractivity contribution is -0.205. The molecule has 2 heterocycles. The normalized spacial score (nSPS) is 28.4. The monoisotopic (exact) mass is 384 g/mol. The van der Waals surface area contributed by atoms with Gasteiger partial charge in [-0.25, -0.2) is 4.79 Å². The van der Waals surface area contributed by atoms with Crippen LogP contribution in [0.25, 0.3) is 0 Å². The van der Waals surface area contributed by atoms with Crippen LogP contribution >= 0.6 is 0 Å². The summed E-state index contributed by atoms with van der Waals surface area (Å²) in [5.74, 6) is -1.60. The van der Waals surface area contributed by atoms with Gasteiger partial charge in [-0.15, -0.1) is 0 Å². The fraction of sp³-hybridized carbons (Fsp3) is 0.409. The fourth-order valence-corrected chi connectivity index (χ4v) is 3.89. The summed E-state index contributed by atoms with van der Waals surface area (Å²) in [5.41, 5.74) is 0.498. The third-order valence-corrected chi connectivity index (χ3v) is 5.11. The number of hydrogen-bond acceptors (Lipinski definition) is 6. The molecule has 6 heteroatoms. The molecule has 0 aliphatic carbocycles. The Kier molecular flexibility index (Phi) is 4.97. The maximum atomic E-state index is 12.4. The average Bonchev–Trinajstić information content (AvgIpc) is 3.13. The quantitative estimate of drug-likeness (QED) is 0.772. The molecule has 0 unspecified atom stereocenters. The van der Waals surface area contributed by atoms with E-state index in [1.165, 1.54) is 0 Å².